The summed E-state index contributed by atoms with van der Waals surface area (Å²) in [6, 6.07) is 9.87. The number of nitro benzene ring substituents is 1. The molecule has 0 atom stereocenters. The molecule has 0 aliphatic heterocycles. The van der Waals surface area contributed by atoms with Crippen LogP contribution in [0.25, 0.3) is 0 Å². The molecule has 128 valence electrons. The predicted octanol–water partition coefficient (Wildman–Crippen LogP) is 1.68. The maximum Gasteiger partial charge on any atom is 0.270 e. The maximum atomic E-state index is 12.8. The summed E-state index contributed by atoms with van der Waals surface area (Å²) < 4.78 is 12.8. The number of benzene rings is 2. The molecule has 0 aliphatic carbocycles. The summed E-state index contributed by atoms with van der Waals surface area (Å²) in [6.45, 7) is 0. The average molecular weight is 362 g/mol. The number of rotatable bonds is 3. The second kappa shape index (κ2) is 7.93. The Kier molecular flexibility index (Phi) is 5.69. The Morgan fingerprint density at radius 3 is 2.32 bits per heavy atom. The zero-order valence-electron chi connectivity index (χ0n) is 12.5. The van der Waals surface area contributed by atoms with Gasteiger partial charge in [-0.2, -0.15) is 0 Å². The molecule has 2 aromatic rings. The molecule has 0 spiro atoms. The topological polar surface area (TPSA) is 113 Å². The molecule has 0 unspecified atom stereocenters. The van der Waals surface area contributed by atoms with Gasteiger partial charge in [0.2, 0.25) is 0 Å². The number of amides is 2. The zero-order valence-corrected chi connectivity index (χ0v) is 13.3. The van der Waals surface area contributed by atoms with Gasteiger partial charge in [-0.25, -0.2) is 4.39 Å². The van der Waals surface area contributed by atoms with Crippen molar-refractivity contribution in [2.45, 2.75) is 0 Å². The van der Waals surface area contributed by atoms with Gasteiger partial charge in [-0.1, -0.05) is 6.07 Å². The van der Waals surface area contributed by atoms with Gasteiger partial charge in [-0.15, -0.1) is 0 Å². The minimum atomic E-state index is -0.679. The van der Waals surface area contributed by atoms with Crippen LogP contribution in [0.4, 0.5) is 10.1 Å². The molecule has 0 aliphatic rings. The Morgan fingerprint density at radius 2 is 1.68 bits per heavy atom. The van der Waals surface area contributed by atoms with Crippen LogP contribution in [0, 0.1) is 15.9 Å². The number of nitrogens with zero attached hydrogens (tertiary/aromatic N) is 1. The second-order valence-corrected chi connectivity index (χ2v) is 5.08. The monoisotopic (exact) mass is 362 g/mol. The standard InChI is InChI=1S/C15H11FN4O4S/c16-11-6-4-9(5-7-11)13(21)17-15(25)19-18-14(22)10-2-1-3-12(8-10)20(23)24/h1-8H,(H,18,22)(H2,17,19,21,25). The molecule has 2 aromatic carbocycles. The Hall–Kier alpha value is -3.40. The van der Waals surface area contributed by atoms with Gasteiger partial charge in [0.05, 0.1) is 4.92 Å². The first kappa shape index (κ1) is 17.9. The Labute approximate surface area is 146 Å². The van der Waals surface area contributed by atoms with Crippen LogP contribution in [-0.4, -0.2) is 21.9 Å². The second-order valence-electron chi connectivity index (χ2n) is 4.68. The van der Waals surface area contributed by atoms with Gasteiger partial charge in [0.1, 0.15) is 5.82 Å². The summed E-state index contributed by atoms with van der Waals surface area (Å²) in [7, 11) is 0. The highest BCUT2D eigenvalue weighted by atomic mass is 32.1. The van der Waals surface area contributed by atoms with Gasteiger partial charge in [0.15, 0.2) is 5.11 Å². The number of non-ortho nitro benzene ring substituents is 1. The van der Waals surface area contributed by atoms with Crippen LogP contribution in [0.3, 0.4) is 0 Å². The molecule has 0 fully saturated rings. The fraction of sp³-hybridized carbons (Fsp3) is 0. The van der Waals surface area contributed by atoms with E-state index in [0.29, 0.717) is 0 Å². The van der Waals surface area contributed by atoms with Gasteiger partial charge in [-0.3, -0.25) is 35.9 Å². The molecule has 0 bridgehead atoms. The molecule has 8 nitrogen and oxygen atoms in total. The van der Waals surface area contributed by atoms with Crippen LogP contribution in [0.15, 0.2) is 48.5 Å². The number of nitro groups is 1. The van der Waals surface area contributed by atoms with E-state index in [-0.39, 0.29) is 21.9 Å². The molecular formula is C15H11FN4O4S. The minimum Gasteiger partial charge on any atom is -0.298 e. The summed E-state index contributed by atoms with van der Waals surface area (Å²) in [5, 5.41) is 12.8. The molecule has 25 heavy (non-hydrogen) atoms. The number of halogens is 1. The van der Waals surface area contributed by atoms with E-state index in [1.807, 2.05) is 0 Å². The summed E-state index contributed by atoms with van der Waals surface area (Å²) >= 11 is 4.85. The lowest BCUT2D eigenvalue weighted by molar-refractivity contribution is -0.384. The normalized spacial score (nSPS) is 9.80. The van der Waals surface area contributed by atoms with Crippen molar-refractivity contribution in [2.24, 2.45) is 0 Å². The lowest BCUT2D eigenvalue weighted by Crippen LogP contribution is -2.48. The highest BCUT2D eigenvalue weighted by Crippen LogP contribution is 2.12. The summed E-state index contributed by atoms with van der Waals surface area (Å²) in [5.74, 6) is -1.76. The van der Waals surface area contributed by atoms with Gasteiger partial charge < -0.3 is 0 Å². The fourth-order valence-electron chi connectivity index (χ4n) is 1.75. The van der Waals surface area contributed by atoms with Crippen molar-refractivity contribution in [3.8, 4) is 0 Å². The van der Waals surface area contributed by atoms with E-state index in [4.69, 9.17) is 12.2 Å². The largest absolute Gasteiger partial charge is 0.298 e. The van der Waals surface area contributed by atoms with Crippen molar-refractivity contribution < 1.29 is 18.9 Å². The summed E-state index contributed by atoms with van der Waals surface area (Å²) in [5.41, 5.74) is 4.48. The van der Waals surface area contributed by atoms with E-state index in [1.54, 1.807) is 0 Å². The third-order valence-corrected chi connectivity index (χ3v) is 3.15. The molecule has 10 heteroatoms. The van der Waals surface area contributed by atoms with Gasteiger partial charge in [-0.05, 0) is 42.5 Å². The minimum absolute atomic E-state index is 0.0364. The van der Waals surface area contributed by atoms with E-state index in [9.17, 15) is 24.1 Å². The number of thiocarbonyl (C=S) groups is 1. The van der Waals surface area contributed by atoms with Crippen LogP contribution in [0.1, 0.15) is 20.7 Å². The smallest absolute Gasteiger partial charge is 0.270 e. The van der Waals surface area contributed by atoms with E-state index in [0.717, 1.165) is 18.2 Å². The van der Waals surface area contributed by atoms with E-state index in [1.165, 1.54) is 30.3 Å². The molecule has 3 N–H and O–H groups in total. The van der Waals surface area contributed by atoms with Gasteiger partial charge in [0.25, 0.3) is 17.5 Å². The SMILES string of the molecule is O=C(NNC(=S)NC(=O)c1ccc(F)cc1)c1cccc([N+](=O)[O-])c1. The maximum absolute atomic E-state index is 12.8. The van der Waals surface area contributed by atoms with Gasteiger partial charge >= 0.3 is 0 Å². The lowest BCUT2D eigenvalue weighted by atomic mass is 10.2. The van der Waals surface area contributed by atoms with Crippen molar-refractivity contribution in [3.63, 3.8) is 0 Å². The van der Waals surface area contributed by atoms with Crippen LogP contribution < -0.4 is 16.2 Å². The molecule has 2 amide bonds. The third kappa shape index (κ3) is 5.04. The molecule has 0 saturated heterocycles. The molecular weight excluding hydrogens is 351 g/mol. The number of hydrazine groups is 1. The van der Waals surface area contributed by atoms with Crippen molar-refractivity contribution in [1.82, 2.24) is 16.2 Å². The number of carbonyl (C=O) groups is 2. The van der Waals surface area contributed by atoms with Crippen molar-refractivity contribution in [3.05, 3.63) is 75.6 Å². The number of carbonyl (C=O) groups excluding carboxylic acids is 2. The van der Waals surface area contributed by atoms with Crippen molar-refractivity contribution in [2.75, 3.05) is 0 Å². The third-order valence-electron chi connectivity index (χ3n) is 2.94. The van der Waals surface area contributed by atoms with Crippen LogP contribution in [0.2, 0.25) is 0 Å². The Balaban J connectivity index is 1.90. The molecule has 0 aromatic heterocycles. The zero-order chi connectivity index (χ0) is 18.4. The fourth-order valence-corrected chi connectivity index (χ4v) is 1.90. The quantitative estimate of drug-likeness (QED) is 0.435. The highest BCUT2D eigenvalue weighted by molar-refractivity contribution is 7.80. The first-order valence-corrected chi connectivity index (χ1v) is 7.19. The predicted molar refractivity (Wildman–Crippen MR) is 90.2 cm³/mol. The van der Waals surface area contributed by atoms with Gasteiger partial charge in [0, 0.05) is 23.3 Å². The number of hydrogen-bond acceptors (Lipinski definition) is 5. The van der Waals surface area contributed by atoms with E-state index >= 15 is 0 Å². The summed E-state index contributed by atoms with van der Waals surface area (Å²) in [4.78, 5) is 33.8. The van der Waals surface area contributed by atoms with Crippen LogP contribution in [-0.2, 0) is 0 Å². The highest BCUT2D eigenvalue weighted by Gasteiger charge is 2.12. The first-order chi connectivity index (χ1) is 11.9. The van der Waals surface area contributed by atoms with Crippen LogP contribution in [0.5, 0.6) is 0 Å². The Bertz CT molecular complexity index is 842. The summed E-state index contributed by atoms with van der Waals surface area (Å²) in [6.07, 6.45) is 0. The molecule has 2 rings (SSSR count). The van der Waals surface area contributed by atoms with E-state index in [2.05, 4.69) is 16.2 Å². The molecule has 0 heterocycles. The lowest BCUT2D eigenvalue weighted by Gasteiger charge is -2.10. The first-order valence-electron chi connectivity index (χ1n) is 6.78. The number of nitrogens with one attached hydrogen (secondary N) is 3. The Morgan fingerprint density at radius 1 is 1.00 bits per heavy atom. The van der Waals surface area contributed by atoms with Crippen molar-refractivity contribution >= 4 is 34.8 Å². The molecule has 0 radical (unpaired) electrons. The van der Waals surface area contributed by atoms with Crippen LogP contribution >= 0.6 is 12.2 Å². The average Bonchev–Trinajstić information content (AvgIpc) is 2.60. The van der Waals surface area contributed by atoms with E-state index < -0.39 is 22.6 Å². The van der Waals surface area contributed by atoms with Crippen molar-refractivity contribution in [1.29, 1.82) is 0 Å². The number of hydrogen-bond donors (Lipinski definition) is 3. The molecule has 0 saturated carbocycles.